The topological polar surface area (TPSA) is 60.2 Å². The molecular weight excluding hydrogens is 312 g/mol. The second-order valence-corrected chi connectivity index (χ2v) is 7.18. The summed E-state index contributed by atoms with van der Waals surface area (Å²) in [6, 6.07) is 1.87. The molecule has 1 amide bonds. The maximum atomic E-state index is 12.7. The lowest BCUT2D eigenvalue weighted by atomic mass is 9.98. The van der Waals surface area contributed by atoms with Crippen LogP contribution in [0, 0.1) is 5.92 Å². The number of nitrogens with zero attached hydrogens (tertiary/aromatic N) is 4. The van der Waals surface area contributed by atoms with Crippen LogP contribution >= 0.6 is 11.3 Å². The number of carbonyl (C=O) groups is 1. The number of methoxy groups -OCH3 is 1. The Bertz CT molecular complexity index is 693. The molecule has 1 saturated carbocycles. The van der Waals surface area contributed by atoms with Crippen LogP contribution < -0.4 is 0 Å². The van der Waals surface area contributed by atoms with Gasteiger partial charge >= 0.3 is 0 Å². The average Bonchev–Trinajstić information content (AvgIpc) is 3.04. The van der Waals surface area contributed by atoms with Crippen LogP contribution in [0.3, 0.4) is 0 Å². The molecule has 0 N–H and O–H groups in total. The number of thiophene rings is 1. The smallest absolute Gasteiger partial charge is 0.255 e. The summed E-state index contributed by atoms with van der Waals surface area (Å²) in [4.78, 5) is 14.5. The van der Waals surface area contributed by atoms with Gasteiger partial charge in [0, 0.05) is 31.5 Å². The van der Waals surface area contributed by atoms with Crippen LogP contribution in [0.5, 0.6) is 0 Å². The van der Waals surface area contributed by atoms with E-state index < -0.39 is 0 Å². The van der Waals surface area contributed by atoms with E-state index in [1.165, 1.54) is 12.8 Å². The summed E-state index contributed by atoms with van der Waals surface area (Å²) in [6.45, 7) is 2.72. The zero-order chi connectivity index (χ0) is 15.8. The lowest BCUT2D eigenvalue weighted by Crippen LogP contribution is -2.40. The molecule has 1 aliphatic heterocycles. The fourth-order valence-corrected chi connectivity index (χ4v) is 3.88. The van der Waals surface area contributed by atoms with Gasteiger partial charge in [-0.1, -0.05) is 5.21 Å². The van der Waals surface area contributed by atoms with Crippen molar-refractivity contribution < 1.29 is 9.53 Å². The Kier molecular flexibility index (Phi) is 3.90. The second-order valence-electron chi connectivity index (χ2n) is 6.40. The van der Waals surface area contributed by atoms with Crippen molar-refractivity contribution in [3.8, 4) is 0 Å². The van der Waals surface area contributed by atoms with Gasteiger partial charge in [0.05, 0.1) is 24.4 Å². The number of aromatic nitrogens is 3. The summed E-state index contributed by atoms with van der Waals surface area (Å²) in [5.41, 5.74) is 2.83. The predicted octanol–water partition coefficient (Wildman–Crippen LogP) is 2.14. The van der Waals surface area contributed by atoms with E-state index in [1.54, 1.807) is 18.4 Å². The van der Waals surface area contributed by atoms with E-state index in [9.17, 15) is 4.79 Å². The van der Waals surface area contributed by atoms with E-state index in [2.05, 4.69) is 10.3 Å². The van der Waals surface area contributed by atoms with Gasteiger partial charge in [-0.2, -0.15) is 11.3 Å². The van der Waals surface area contributed by atoms with Crippen molar-refractivity contribution in [2.24, 2.45) is 5.92 Å². The molecule has 1 fully saturated rings. The van der Waals surface area contributed by atoms with Gasteiger partial charge in [0.1, 0.15) is 5.69 Å². The predicted molar refractivity (Wildman–Crippen MR) is 86.4 cm³/mol. The maximum absolute atomic E-state index is 12.7. The second kappa shape index (κ2) is 6.05. The minimum atomic E-state index is 0.0646. The van der Waals surface area contributed by atoms with E-state index in [0.717, 1.165) is 29.4 Å². The Labute approximate surface area is 139 Å². The van der Waals surface area contributed by atoms with Gasteiger partial charge < -0.3 is 9.64 Å². The van der Waals surface area contributed by atoms with Crippen molar-refractivity contribution in [1.82, 2.24) is 19.9 Å². The fourth-order valence-electron chi connectivity index (χ4n) is 3.25. The van der Waals surface area contributed by atoms with Crippen molar-refractivity contribution in [1.29, 1.82) is 0 Å². The van der Waals surface area contributed by atoms with Crippen molar-refractivity contribution in [2.45, 2.75) is 31.8 Å². The molecule has 1 unspecified atom stereocenters. The molecule has 0 saturated heterocycles. The van der Waals surface area contributed by atoms with Gasteiger partial charge in [0.25, 0.3) is 5.91 Å². The third-order valence-corrected chi connectivity index (χ3v) is 5.25. The molecule has 1 atom stereocenters. The van der Waals surface area contributed by atoms with E-state index in [0.29, 0.717) is 19.7 Å². The van der Waals surface area contributed by atoms with Crippen LogP contribution in [0.25, 0.3) is 0 Å². The van der Waals surface area contributed by atoms with Crippen molar-refractivity contribution in [3.05, 3.63) is 33.8 Å². The Balaban J connectivity index is 1.60. The quantitative estimate of drug-likeness (QED) is 0.842. The molecule has 3 heterocycles. The molecule has 1 aliphatic carbocycles. The third-order valence-electron chi connectivity index (χ3n) is 4.57. The standard InChI is InChI=1S/C16H20N4O2S/c1-22-9-13-7-19(16(21)12-4-5-23-10-12)8-14-15(13)20(18-17-14)6-11-2-3-11/h4-5,10-11,13H,2-3,6-9H2,1H3. The fraction of sp³-hybridized carbons (Fsp3) is 0.562. The number of amides is 1. The number of hydrogen-bond donors (Lipinski definition) is 0. The molecule has 0 spiro atoms. The largest absolute Gasteiger partial charge is 0.384 e. The van der Waals surface area contributed by atoms with E-state index in [-0.39, 0.29) is 11.8 Å². The van der Waals surface area contributed by atoms with Crippen LogP contribution in [0.1, 0.15) is 40.5 Å². The Morgan fingerprint density at radius 3 is 3.04 bits per heavy atom. The Morgan fingerprint density at radius 2 is 2.35 bits per heavy atom. The highest BCUT2D eigenvalue weighted by molar-refractivity contribution is 7.08. The summed E-state index contributed by atoms with van der Waals surface area (Å²) in [5, 5.41) is 12.5. The number of carbonyl (C=O) groups excluding carboxylic acids is 1. The van der Waals surface area contributed by atoms with Gasteiger partial charge in [-0.25, -0.2) is 4.68 Å². The molecular formula is C16H20N4O2S. The van der Waals surface area contributed by atoms with Crippen LogP contribution in [0.4, 0.5) is 0 Å². The third kappa shape index (κ3) is 2.90. The lowest BCUT2D eigenvalue weighted by Gasteiger charge is -2.32. The lowest BCUT2D eigenvalue weighted by molar-refractivity contribution is 0.0673. The molecule has 4 rings (SSSR count). The van der Waals surface area contributed by atoms with Crippen LogP contribution in [-0.2, 0) is 17.8 Å². The van der Waals surface area contributed by atoms with E-state index in [1.807, 2.05) is 26.4 Å². The number of ether oxygens (including phenoxy) is 1. The van der Waals surface area contributed by atoms with Gasteiger partial charge in [-0.05, 0) is 30.2 Å². The van der Waals surface area contributed by atoms with Crippen LogP contribution in [-0.4, -0.2) is 46.1 Å². The van der Waals surface area contributed by atoms with Crippen molar-refractivity contribution >= 4 is 17.2 Å². The first-order valence-electron chi connectivity index (χ1n) is 7.99. The molecule has 23 heavy (non-hydrogen) atoms. The van der Waals surface area contributed by atoms with Gasteiger partial charge in [0.2, 0.25) is 0 Å². The molecule has 7 heteroatoms. The molecule has 6 nitrogen and oxygen atoms in total. The van der Waals surface area contributed by atoms with Crippen LogP contribution in [0.15, 0.2) is 16.8 Å². The first-order valence-corrected chi connectivity index (χ1v) is 8.93. The molecule has 122 valence electrons. The number of hydrogen-bond acceptors (Lipinski definition) is 5. The number of rotatable bonds is 5. The highest BCUT2D eigenvalue weighted by Gasteiger charge is 2.34. The zero-order valence-electron chi connectivity index (χ0n) is 13.1. The average molecular weight is 332 g/mol. The summed E-state index contributed by atoms with van der Waals surface area (Å²) >= 11 is 1.54. The van der Waals surface area contributed by atoms with E-state index >= 15 is 0 Å². The minimum absolute atomic E-state index is 0.0646. The van der Waals surface area contributed by atoms with Crippen LogP contribution in [0.2, 0.25) is 0 Å². The zero-order valence-corrected chi connectivity index (χ0v) is 14.0. The highest BCUT2D eigenvalue weighted by Crippen LogP contribution is 2.34. The number of fused-ring (bicyclic) bond motifs is 1. The summed E-state index contributed by atoms with van der Waals surface area (Å²) < 4.78 is 7.44. The Morgan fingerprint density at radius 1 is 1.48 bits per heavy atom. The first-order chi connectivity index (χ1) is 11.3. The van der Waals surface area contributed by atoms with Gasteiger partial charge in [-0.3, -0.25) is 4.79 Å². The normalized spacial score (nSPS) is 20.6. The van der Waals surface area contributed by atoms with Crippen molar-refractivity contribution in [3.63, 3.8) is 0 Å². The molecule has 0 radical (unpaired) electrons. The molecule has 2 aromatic heterocycles. The van der Waals surface area contributed by atoms with Gasteiger partial charge in [0.15, 0.2) is 0 Å². The first kappa shape index (κ1) is 14.8. The van der Waals surface area contributed by atoms with Crippen molar-refractivity contribution in [2.75, 3.05) is 20.3 Å². The SMILES string of the molecule is COCC1CN(C(=O)c2ccsc2)Cc2nnn(CC3CC3)c21. The highest BCUT2D eigenvalue weighted by atomic mass is 32.1. The molecule has 0 bridgehead atoms. The monoisotopic (exact) mass is 332 g/mol. The Hall–Kier alpha value is -1.73. The maximum Gasteiger partial charge on any atom is 0.255 e. The summed E-state index contributed by atoms with van der Waals surface area (Å²) in [6.07, 6.45) is 2.57. The minimum Gasteiger partial charge on any atom is -0.384 e. The van der Waals surface area contributed by atoms with Gasteiger partial charge in [-0.15, -0.1) is 5.10 Å². The summed E-state index contributed by atoms with van der Waals surface area (Å²) in [7, 11) is 1.70. The van der Waals surface area contributed by atoms with E-state index in [4.69, 9.17) is 4.74 Å². The summed E-state index contributed by atoms with van der Waals surface area (Å²) in [5.74, 6) is 0.948. The molecule has 2 aromatic rings. The molecule has 0 aromatic carbocycles. The molecule has 2 aliphatic rings.